The van der Waals surface area contributed by atoms with Crippen LogP contribution in [-0.2, 0) is 11.2 Å². The Labute approximate surface area is 83.8 Å². The molecular weight excluding hydrogens is 178 g/mol. The van der Waals surface area contributed by atoms with Gasteiger partial charge in [0, 0.05) is 19.2 Å². The maximum absolute atomic E-state index is 10.4. The lowest BCUT2D eigenvalue weighted by molar-refractivity contribution is -0.136. The number of benzene rings is 1. The molecule has 14 heavy (non-hydrogen) atoms. The lowest BCUT2D eigenvalue weighted by Crippen LogP contribution is -1.98. The van der Waals surface area contributed by atoms with E-state index >= 15 is 0 Å². The minimum atomic E-state index is -0.750. The summed E-state index contributed by atoms with van der Waals surface area (Å²) < 4.78 is 0. The van der Waals surface area contributed by atoms with Crippen LogP contribution < -0.4 is 5.32 Å². The van der Waals surface area contributed by atoms with Gasteiger partial charge in [-0.15, -0.1) is 0 Å². The molecule has 0 unspecified atom stereocenters. The SMILES string of the molecule is CNc1ccc(CCC(=O)O)cc1C. The summed E-state index contributed by atoms with van der Waals surface area (Å²) in [4.78, 5) is 10.4. The molecule has 0 atom stereocenters. The smallest absolute Gasteiger partial charge is 0.303 e. The van der Waals surface area contributed by atoms with Crippen molar-refractivity contribution in [3.63, 3.8) is 0 Å². The van der Waals surface area contributed by atoms with Crippen molar-refractivity contribution >= 4 is 11.7 Å². The van der Waals surface area contributed by atoms with Gasteiger partial charge in [0.2, 0.25) is 0 Å². The third-order valence-electron chi connectivity index (χ3n) is 2.19. The number of hydrogen-bond donors (Lipinski definition) is 2. The zero-order valence-corrected chi connectivity index (χ0v) is 8.50. The summed E-state index contributed by atoms with van der Waals surface area (Å²) in [5.74, 6) is -0.750. The van der Waals surface area contributed by atoms with Crippen LogP contribution in [0.3, 0.4) is 0 Å². The first-order valence-electron chi connectivity index (χ1n) is 4.62. The van der Waals surface area contributed by atoms with Gasteiger partial charge in [0.1, 0.15) is 0 Å². The fourth-order valence-corrected chi connectivity index (χ4v) is 1.41. The van der Waals surface area contributed by atoms with Gasteiger partial charge in [0.25, 0.3) is 0 Å². The molecule has 0 spiro atoms. The predicted molar refractivity (Wildman–Crippen MR) is 56.7 cm³/mol. The van der Waals surface area contributed by atoms with Gasteiger partial charge in [-0.3, -0.25) is 4.79 Å². The highest BCUT2D eigenvalue weighted by molar-refractivity contribution is 5.67. The molecule has 0 bridgehead atoms. The quantitative estimate of drug-likeness (QED) is 0.769. The number of aliphatic carboxylic acids is 1. The zero-order chi connectivity index (χ0) is 10.6. The van der Waals surface area contributed by atoms with Gasteiger partial charge in [-0.05, 0) is 30.5 Å². The summed E-state index contributed by atoms with van der Waals surface area (Å²) in [7, 11) is 1.87. The second kappa shape index (κ2) is 4.65. The molecule has 1 aromatic carbocycles. The molecule has 0 radical (unpaired) electrons. The Hall–Kier alpha value is -1.51. The highest BCUT2D eigenvalue weighted by Gasteiger charge is 2.01. The van der Waals surface area contributed by atoms with Gasteiger partial charge in [-0.1, -0.05) is 12.1 Å². The van der Waals surface area contributed by atoms with Crippen molar-refractivity contribution in [3.8, 4) is 0 Å². The number of carboxylic acid groups (broad SMARTS) is 1. The average molecular weight is 193 g/mol. The Balaban J connectivity index is 2.71. The van der Waals surface area contributed by atoms with E-state index in [1.54, 1.807) is 0 Å². The first-order chi connectivity index (χ1) is 6.63. The molecule has 2 N–H and O–H groups in total. The van der Waals surface area contributed by atoms with Crippen molar-refractivity contribution in [3.05, 3.63) is 29.3 Å². The fourth-order valence-electron chi connectivity index (χ4n) is 1.41. The van der Waals surface area contributed by atoms with E-state index in [9.17, 15) is 4.79 Å². The minimum Gasteiger partial charge on any atom is -0.481 e. The van der Waals surface area contributed by atoms with E-state index in [1.165, 1.54) is 0 Å². The van der Waals surface area contributed by atoms with Crippen molar-refractivity contribution in [1.29, 1.82) is 0 Å². The second-order valence-electron chi connectivity index (χ2n) is 3.29. The van der Waals surface area contributed by atoms with Crippen LogP contribution in [0.4, 0.5) is 5.69 Å². The number of nitrogens with one attached hydrogen (secondary N) is 1. The topological polar surface area (TPSA) is 49.3 Å². The van der Waals surface area contributed by atoms with E-state index in [0.717, 1.165) is 16.8 Å². The van der Waals surface area contributed by atoms with E-state index in [2.05, 4.69) is 5.32 Å². The molecule has 0 amide bonds. The standard InChI is InChI=1S/C11H15NO2/c1-8-7-9(4-6-11(13)14)3-5-10(8)12-2/h3,5,7,12H,4,6H2,1-2H3,(H,13,14). The van der Waals surface area contributed by atoms with Gasteiger partial charge in [0.15, 0.2) is 0 Å². The van der Waals surface area contributed by atoms with Gasteiger partial charge in [-0.2, -0.15) is 0 Å². The summed E-state index contributed by atoms with van der Waals surface area (Å²) in [6.45, 7) is 2.01. The minimum absolute atomic E-state index is 0.193. The largest absolute Gasteiger partial charge is 0.481 e. The Kier molecular flexibility index (Phi) is 3.51. The third kappa shape index (κ3) is 2.76. The van der Waals surface area contributed by atoms with Crippen LogP contribution in [0.15, 0.2) is 18.2 Å². The van der Waals surface area contributed by atoms with Crippen molar-refractivity contribution in [1.82, 2.24) is 0 Å². The number of hydrogen-bond acceptors (Lipinski definition) is 2. The molecule has 0 fully saturated rings. The highest BCUT2D eigenvalue weighted by atomic mass is 16.4. The van der Waals surface area contributed by atoms with Crippen molar-refractivity contribution in [2.75, 3.05) is 12.4 Å². The van der Waals surface area contributed by atoms with E-state index in [-0.39, 0.29) is 6.42 Å². The number of carboxylic acids is 1. The fraction of sp³-hybridized carbons (Fsp3) is 0.364. The molecule has 0 aliphatic carbocycles. The van der Waals surface area contributed by atoms with Crippen LogP contribution in [0.25, 0.3) is 0 Å². The maximum Gasteiger partial charge on any atom is 0.303 e. The number of carbonyl (C=O) groups is 1. The molecule has 0 aromatic heterocycles. The molecule has 76 valence electrons. The molecular formula is C11H15NO2. The molecule has 3 nitrogen and oxygen atoms in total. The van der Waals surface area contributed by atoms with E-state index < -0.39 is 5.97 Å². The first kappa shape index (κ1) is 10.6. The van der Waals surface area contributed by atoms with Crippen LogP contribution in [0.1, 0.15) is 17.5 Å². The zero-order valence-electron chi connectivity index (χ0n) is 8.50. The maximum atomic E-state index is 10.4. The van der Waals surface area contributed by atoms with Gasteiger partial charge in [-0.25, -0.2) is 0 Å². The Morgan fingerprint density at radius 2 is 2.21 bits per heavy atom. The molecule has 1 aromatic rings. The highest BCUT2D eigenvalue weighted by Crippen LogP contribution is 2.16. The normalized spacial score (nSPS) is 9.86. The summed E-state index contributed by atoms with van der Waals surface area (Å²) in [6, 6.07) is 5.96. The van der Waals surface area contributed by atoms with E-state index in [0.29, 0.717) is 6.42 Å². The van der Waals surface area contributed by atoms with E-state index in [4.69, 9.17) is 5.11 Å². The molecule has 3 heteroatoms. The van der Waals surface area contributed by atoms with Crippen molar-refractivity contribution in [2.24, 2.45) is 0 Å². The summed E-state index contributed by atoms with van der Waals surface area (Å²) in [5, 5.41) is 11.6. The molecule has 0 aliphatic heterocycles. The van der Waals surface area contributed by atoms with Crippen LogP contribution in [0.5, 0.6) is 0 Å². The lowest BCUT2D eigenvalue weighted by Gasteiger charge is -2.06. The first-order valence-corrected chi connectivity index (χ1v) is 4.62. The van der Waals surface area contributed by atoms with Crippen LogP contribution in [0.2, 0.25) is 0 Å². The molecule has 0 aliphatic rings. The average Bonchev–Trinajstić information content (AvgIpc) is 2.15. The Morgan fingerprint density at radius 1 is 1.50 bits per heavy atom. The molecule has 0 heterocycles. The van der Waals surface area contributed by atoms with Crippen molar-refractivity contribution in [2.45, 2.75) is 19.8 Å². The second-order valence-corrected chi connectivity index (χ2v) is 3.29. The molecule has 0 saturated heterocycles. The third-order valence-corrected chi connectivity index (χ3v) is 2.19. The summed E-state index contributed by atoms with van der Waals surface area (Å²) in [6.07, 6.45) is 0.790. The number of anilines is 1. The van der Waals surface area contributed by atoms with Gasteiger partial charge in [0.05, 0.1) is 0 Å². The molecule has 1 rings (SSSR count). The Morgan fingerprint density at radius 3 is 2.71 bits per heavy atom. The van der Waals surface area contributed by atoms with Crippen LogP contribution in [-0.4, -0.2) is 18.1 Å². The number of rotatable bonds is 4. The van der Waals surface area contributed by atoms with Gasteiger partial charge < -0.3 is 10.4 Å². The summed E-state index contributed by atoms with van der Waals surface area (Å²) >= 11 is 0. The summed E-state index contributed by atoms with van der Waals surface area (Å²) in [5.41, 5.74) is 3.31. The predicted octanol–water partition coefficient (Wildman–Crippen LogP) is 2.05. The van der Waals surface area contributed by atoms with Crippen molar-refractivity contribution < 1.29 is 9.90 Å². The molecule has 0 saturated carbocycles. The van der Waals surface area contributed by atoms with Crippen LogP contribution >= 0.6 is 0 Å². The van der Waals surface area contributed by atoms with Gasteiger partial charge >= 0.3 is 5.97 Å². The lowest BCUT2D eigenvalue weighted by atomic mass is 10.1. The Bertz CT molecular complexity index is 334. The number of aryl methyl sites for hydroxylation is 2. The van der Waals surface area contributed by atoms with E-state index in [1.807, 2.05) is 32.2 Å². The van der Waals surface area contributed by atoms with Crippen LogP contribution in [0, 0.1) is 6.92 Å². The monoisotopic (exact) mass is 193 g/mol.